The van der Waals surface area contributed by atoms with Gasteiger partial charge in [-0.15, -0.1) is 0 Å². The number of aryl methyl sites for hydroxylation is 1. The van der Waals surface area contributed by atoms with Crippen molar-refractivity contribution in [1.29, 1.82) is 0 Å². The second-order valence-electron chi connectivity index (χ2n) is 5.75. The van der Waals surface area contributed by atoms with Gasteiger partial charge < -0.3 is 19.5 Å². The first-order valence-electron chi connectivity index (χ1n) is 8.14. The normalized spacial score (nSPS) is 12.7. The van der Waals surface area contributed by atoms with E-state index in [1.807, 2.05) is 25.1 Å². The molecule has 6 heteroatoms. The van der Waals surface area contributed by atoms with Gasteiger partial charge in [-0.05, 0) is 48.4 Å². The molecule has 1 amide bonds. The SMILES string of the molecule is COC(=O)c1ccc(C)c(NC(=O)/C=C/c2ccc3c(c2)OCCO3)c1. The molecule has 0 radical (unpaired) electrons. The molecule has 134 valence electrons. The summed E-state index contributed by atoms with van der Waals surface area (Å²) in [5.41, 5.74) is 2.61. The molecule has 0 aliphatic carbocycles. The van der Waals surface area contributed by atoms with Gasteiger partial charge in [0.05, 0.1) is 12.7 Å². The molecular weight excluding hydrogens is 334 g/mol. The number of nitrogens with one attached hydrogen (secondary N) is 1. The molecule has 2 aromatic rings. The molecule has 0 saturated heterocycles. The molecule has 6 nitrogen and oxygen atoms in total. The van der Waals surface area contributed by atoms with Gasteiger partial charge in [-0.2, -0.15) is 0 Å². The van der Waals surface area contributed by atoms with Crippen molar-refractivity contribution in [3.63, 3.8) is 0 Å². The molecule has 0 bridgehead atoms. The smallest absolute Gasteiger partial charge is 0.337 e. The van der Waals surface area contributed by atoms with Crippen molar-refractivity contribution in [2.45, 2.75) is 6.92 Å². The molecule has 0 saturated carbocycles. The lowest BCUT2D eigenvalue weighted by atomic mass is 10.1. The molecule has 3 rings (SSSR count). The topological polar surface area (TPSA) is 73.9 Å². The summed E-state index contributed by atoms with van der Waals surface area (Å²) in [6, 6.07) is 10.5. The van der Waals surface area contributed by atoms with Crippen molar-refractivity contribution < 1.29 is 23.8 Å². The molecule has 0 fully saturated rings. The van der Waals surface area contributed by atoms with Crippen LogP contribution >= 0.6 is 0 Å². The Kier molecular flexibility index (Phi) is 5.22. The van der Waals surface area contributed by atoms with Gasteiger partial charge in [-0.1, -0.05) is 12.1 Å². The van der Waals surface area contributed by atoms with Gasteiger partial charge >= 0.3 is 5.97 Å². The molecule has 0 unspecified atom stereocenters. The monoisotopic (exact) mass is 353 g/mol. The highest BCUT2D eigenvalue weighted by atomic mass is 16.6. The number of carbonyl (C=O) groups is 2. The zero-order valence-electron chi connectivity index (χ0n) is 14.6. The maximum absolute atomic E-state index is 12.2. The Hall–Kier alpha value is -3.28. The van der Waals surface area contributed by atoms with Crippen LogP contribution in [0.5, 0.6) is 11.5 Å². The van der Waals surface area contributed by atoms with Crippen molar-refractivity contribution in [3.05, 3.63) is 59.2 Å². The fraction of sp³-hybridized carbons (Fsp3) is 0.200. The Labute approximate surface area is 151 Å². The van der Waals surface area contributed by atoms with Crippen LogP contribution in [0.1, 0.15) is 21.5 Å². The number of hydrogen-bond acceptors (Lipinski definition) is 5. The van der Waals surface area contributed by atoms with Crippen LogP contribution in [0.4, 0.5) is 5.69 Å². The third-order valence-corrected chi connectivity index (χ3v) is 3.91. The molecule has 1 N–H and O–H groups in total. The van der Waals surface area contributed by atoms with E-state index >= 15 is 0 Å². The minimum absolute atomic E-state index is 0.301. The summed E-state index contributed by atoms with van der Waals surface area (Å²) in [4.78, 5) is 23.8. The number of benzene rings is 2. The second kappa shape index (κ2) is 7.74. The van der Waals surface area contributed by atoms with Crippen LogP contribution in [-0.2, 0) is 9.53 Å². The Morgan fingerprint density at radius 1 is 1.08 bits per heavy atom. The van der Waals surface area contributed by atoms with Crippen LogP contribution in [0.25, 0.3) is 6.08 Å². The maximum atomic E-state index is 12.2. The summed E-state index contributed by atoms with van der Waals surface area (Å²) < 4.78 is 15.7. The molecule has 1 heterocycles. The first-order valence-corrected chi connectivity index (χ1v) is 8.14. The van der Waals surface area contributed by atoms with Gasteiger partial charge in [0.2, 0.25) is 5.91 Å². The van der Waals surface area contributed by atoms with Crippen molar-refractivity contribution in [2.75, 3.05) is 25.6 Å². The summed E-state index contributed by atoms with van der Waals surface area (Å²) in [6.45, 7) is 2.90. The Balaban J connectivity index is 1.71. The van der Waals surface area contributed by atoms with E-state index in [9.17, 15) is 9.59 Å². The minimum atomic E-state index is -0.452. The predicted octanol–water partition coefficient (Wildman–Crippen LogP) is 3.20. The third kappa shape index (κ3) is 4.03. The third-order valence-electron chi connectivity index (χ3n) is 3.91. The van der Waals surface area contributed by atoms with Gasteiger partial charge in [-0.25, -0.2) is 4.79 Å². The number of hydrogen-bond donors (Lipinski definition) is 1. The van der Waals surface area contributed by atoms with Crippen molar-refractivity contribution in [3.8, 4) is 11.5 Å². The molecule has 26 heavy (non-hydrogen) atoms. The average Bonchev–Trinajstić information content (AvgIpc) is 2.67. The van der Waals surface area contributed by atoms with Crippen molar-refractivity contribution in [1.82, 2.24) is 0 Å². The fourth-order valence-corrected chi connectivity index (χ4v) is 2.51. The summed E-state index contributed by atoms with van der Waals surface area (Å²) in [7, 11) is 1.32. The van der Waals surface area contributed by atoms with E-state index in [0.717, 1.165) is 11.1 Å². The van der Waals surface area contributed by atoms with E-state index in [4.69, 9.17) is 14.2 Å². The van der Waals surface area contributed by atoms with E-state index in [0.29, 0.717) is 36.0 Å². The predicted molar refractivity (Wildman–Crippen MR) is 97.6 cm³/mol. The molecular formula is C20H19NO5. The van der Waals surface area contributed by atoms with E-state index < -0.39 is 5.97 Å². The van der Waals surface area contributed by atoms with Crippen LogP contribution in [0.15, 0.2) is 42.5 Å². The van der Waals surface area contributed by atoms with E-state index in [1.54, 1.807) is 24.3 Å². The van der Waals surface area contributed by atoms with Gasteiger partial charge in [0.1, 0.15) is 13.2 Å². The Morgan fingerprint density at radius 2 is 1.85 bits per heavy atom. The summed E-state index contributed by atoms with van der Waals surface area (Å²) >= 11 is 0. The zero-order valence-corrected chi connectivity index (χ0v) is 14.6. The standard InChI is InChI=1S/C20H19NO5/c1-13-3-6-15(20(23)24-2)12-16(13)21-19(22)8-5-14-4-7-17-18(11-14)26-10-9-25-17/h3-8,11-12H,9-10H2,1-2H3,(H,21,22)/b8-5+. The van der Waals surface area contributed by atoms with Gasteiger partial charge in [0, 0.05) is 11.8 Å². The molecule has 1 aliphatic heterocycles. The van der Waals surface area contributed by atoms with Crippen molar-refractivity contribution >= 4 is 23.6 Å². The number of methoxy groups -OCH3 is 1. The number of ether oxygens (including phenoxy) is 3. The first kappa shape index (κ1) is 17.5. The summed E-state index contributed by atoms with van der Waals surface area (Å²) in [6.07, 6.45) is 3.11. The number of anilines is 1. The van der Waals surface area contributed by atoms with E-state index in [-0.39, 0.29) is 5.91 Å². The van der Waals surface area contributed by atoms with E-state index in [2.05, 4.69) is 5.32 Å². The molecule has 0 aromatic heterocycles. The summed E-state index contributed by atoms with van der Waals surface area (Å²) in [5.74, 6) is 0.617. The Morgan fingerprint density at radius 3 is 2.62 bits per heavy atom. The molecule has 0 spiro atoms. The lowest BCUT2D eigenvalue weighted by molar-refractivity contribution is -0.111. The number of fused-ring (bicyclic) bond motifs is 1. The van der Waals surface area contributed by atoms with Crippen LogP contribution in [-0.4, -0.2) is 32.2 Å². The number of esters is 1. The highest BCUT2D eigenvalue weighted by Gasteiger charge is 2.11. The average molecular weight is 353 g/mol. The van der Waals surface area contributed by atoms with Crippen molar-refractivity contribution in [2.24, 2.45) is 0 Å². The highest BCUT2D eigenvalue weighted by Crippen LogP contribution is 2.31. The number of rotatable bonds is 4. The molecule has 0 atom stereocenters. The second-order valence-corrected chi connectivity index (χ2v) is 5.75. The largest absolute Gasteiger partial charge is 0.486 e. The number of carbonyl (C=O) groups excluding carboxylic acids is 2. The van der Waals surface area contributed by atoms with Gasteiger partial charge in [-0.3, -0.25) is 4.79 Å². The Bertz CT molecular complexity index is 873. The molecule has 2 aromatic carbocycles. The van der Waals surface area contributed by atoms with Crippen LogP contribution in [0.3, 0.4) is 0 Å². The van der Waals surface area contributed by atoms with Gasteiger partial charge in [0.25, 0.3) is 0 Å². The lowest BCUT2D eigenvalue weighted by Crippen LogP contribution is -2.15. The minimum Gasteiger partial charge on any atom is -0.486 e. The van der Waals surface area contributed by atoms with E-state index in [1.165, 1.54) is 13.2 Å². The maximum Gasteiger partial charge on any atom is 0.337 e. The lowest BCUT2D eigenvalue weighted by Gasteiger charge is -2.18. The van der Waals surface area contributed by atoms with Crippen LogP contribution < -0.4 is 14.8 Å². The quantitative estimate of drug-likeness (QED) is 0.675. The first-order chi connectivity index (χ1) is 12.6. The fourth-order valence-electron chi connectivity index (χ4n) is 2.51. The number of amides is 1. The van der Waals surface area contributed by atoms with Crippen LogP contribution in [0, 0.1) is 6.92 Å². The summed E-state index contributed by atoms with van der Waals surface area (Å²) in [5, 5.41) is 2.77. The van der Waals surface area contributed by atoms with Gasteiger partial charge in [0.15, 0.2) is 11.5 Å². The molecule has 1 aliphatic rings. The zero-order chi connectivity index (χ0) is 18.5. The highest BCUT2D eigenvalue weighted by molar-refractivity contribution is 6.03. The van der Waals surface area contributed by atoms with Crippen LogP contribution in [0.2, 0.25) is 0 Å².